The molecule has 0 radical (unpaired) electrons. The quantitative estimate of drug-likeness (QED) is 0.606. The van der Waals surface area contributed by atoms with E-state index in [1.807, 2.05) is 0 Å². The van der Waals surface area contributed by atoms with E-state index < -0.39 is 29.5 Å². The minimum atomic E-state index is -1.08. The zero-order valence-corrected chi connectivity index (χ0v) is 8.37. The fourth-order valence-electron chi connectivity index (χ4n) is 1.40. The van der Waals surface area contributed by atoms with Crippen molar-refractivity contribution in [3.63, 3.8) is 0 Å². The molecular weight excluding hydrogens is 234 g/mol. The van der Waals surface area contributed by atoms with Crippen molar-refractivity contribution >= 4 is 17.8 Å². The van der Waals surface area contributed by atoms with E-state index in [0.29, 0.717) is 4.90 Å². The number of benzene rings is 1. The lowest BCUT2D eigenvalue weighted by atomic mass is 10.2. The first-order chi connectivity index (χ1) is 7.99. The Hall–Kier alpha value is -2.31. The molecule has 4 amide bonds. The maximum Gasteiger partial charge on any atom is 0.331 e. The number of hydrogen-bond donors (Lipinski definition) is 1. The largest absolute Gasteiger partial charge is 0.331 e. The number of nitrogens with one attached hydrogen (secondary N) is 1. The van der Waals surface area contributed by atoms with Crippen molar-refractivity contribution in [2.75, 3.05) is 0 Å². The number of nitrogens with zero attached hydrogens (tertiary/aromatic N) is 1. The zero-order chi connectivity index (χ0) is 12.6. The van der Waals surface area contributed by atoms with Crippen LogP contribution in [0, 0.1) is 11.6 Å². The smallest absolute Gasteiger partial charge is 0.269 e. The number of hydrogen-bond acceptors (Lipinski definition) is 3. The van der Waals surface area contributed by atoms with Crippen LogP contribution in [0.4, 0.5) is 13.6 Å². The van der Waals surface area contributed by atoms with Gasteiger partial charge in [0, 0.05) is 0 Å². The van der Waals surface area contributed by atoms with Crippen LogP contribution in [-0.2, 0) is 16.1 Å². The van der Waals surface area contributed by atoms with Gasteiger partial charge in [-0.05, 0) is 17.7 Å². The molecule has 17 heavy (non-hydrogen) atoms. The lowest BCUT2D eigenvalue weighted by Gasteiger charge is -2.11. The second-order valence-electron chi connectivity index (χ2n) is 3.40. The van der Waals surface area contributed by atoms with Gasteiger partial charge in [-0.2, -0.15) is 0 Å². The Morgan fingerprint density at radius 2 is 1.82 bits per heavy atom. The first-order valence-corrected chi connectivity index (χ1v) is 4.60. The van der Waals surface area contributed by atoms with E-state index in [1.54, 1.807) is 5.32 Å². The number of halogens is 2. The van der Waals surface area contributed by atoms with Crippen molar-refractivity contribution in [1.82, 2.24) is 10.2 Å². The number of imide groups is 2. The topological polar surface area (TPSA) is 66.5 Å². The first-order valence-electron chi connectivity index (χ1n) is 4.60. The summed E-state index contributed by atoms with van der Waals surface area (Å²) in [7, 11) is 0. The molecule has 1 aromatic carbocycles. The molecule has 1 aromatic rings. The maximum atomic E-state index is 12.9. The zero-order valence-electron chi connectivity index (χ0n) is 8.37. The van der Waals surface area contributed by atoms with Gasteiger partial charge in [0.1, 0.15) is 0 Å². The number of carbonyl (C=O) groups is 3. The normalized spacial score (nSPS) is 15.4. The molecule has 1 fully saturated rings. The molecule has 0 saturated carbocycles. The summed E-state index contributed by atoms with van der Waals surface area (Å²) in [5.41, 5.74) is 0.210. The Morgan fingerprint density at radius 1 is 1.12 bits per heavy atom. The third-order valence-electron chi connectivity index (χ3n) is 2.23. The third kappa shape index (κ3) is 1.99. The molecule has 88 valence electrons. The molecule has 7 heteroatoms. The fourth-order valence-corrected chi connectivity index (χ4v) is 1.40. The van der Waals surface area contributed by atoms with E-state index in [-0.39, 0.29) is 12.1 Å². The molecule has 5 nitrogen and oxygen atoms in total. The van der Waals surface area contributed by atoms with Crippen LogP contribution in [-0.4, -0.2) is 22.7 Å². The summed E-state index contributed by atoms with van der Waals surface area (Å²) < 4.78 is 25.5. The molecule has 0 aliphatic carbocycles. The maximum absolute atomic E-state index is 12.9. The summed E-state index contributed by atoms with van der Waals surface area (Å²) in [4.78, 5) is 33.8. The predicted octanol–water partition coefficient (Wildman–Crippen LogP) is 0.543. The molecule has 0 bridgehead atoms. The minimum Gasteiger partial charge on any atom is -0.269 e. The first kappa shape index (κ1) is 11.2. The molecule has 1 aliphatic rings. The van der Waals surface area contributed by atoms with Gasteiger partial charge in [0.15, 0.2) is 11.6 Å². The summed E-state index contributed by atoms with van der Waals surface area (Å²) in [6.45, 7) is -0.284. The molecular formula is C10H6F2N2O3. The lowest BCUT2D eigenvalue weighted by molar-refractivity contribution is -0.140. The second-order valence-corrected chi connectivity index (χ2v) is 3.40. The van der Waals surface area contributed by atoms with Gasteiger partial charge < -0.3 is 0 Å². The summed E-state index contributed by atoms with van der Waals surface area (Å²) in [6.07, 6.45) is 0. The van der Waals surface area contributed by atoms with E-state index in [0.717, 1.165) is 12.1 Å². The number of amides is 4. The lowest BCUT2D eigenvalue weighted by Crippen LogP contribution is -2.30. The summed E-state index contributed by atoms with van der Waals surface area (Å²) in [6, 6.07) is 2.09. The average Bonchev–Trinajstić information content (AvgIpc) is 2.50. The van der Waals surface area contributed by atoms with E-state index in [4.69, 9.17) is 0 Å². The molecule has 1 aliphatic heterocycles. The van der Waals surface area contributed by atoms with Gasteiger partial charge in [0.2, 0.25) is 0 Å². The van der Waals surface area contributed by atoms with Crippen LogP contribution in [0.25, 0.3) is 0 Å². The molecule has 1 heterocycles. The van der Waals surface area contributed by atoms with Gasteiger partial charge in [-0.15, -0.1) is 0 Å². The van der Waals surface area contributed by atoms with Crippen molar-refractivity contribution in [2.24, 2.45) is 0 Å². The molecule has 0 aromatic heterocycles. The van der Waals surface area contributed by atoms with Crippen LogP contribution in [0.2, 0.25) is 0 Å². The highest BCUT2D eigenvalue weighted by Crippen LogP contribution is 2.13. The Labute approximate surface area is 94.0 Å². The molecule has 2 rings (SSSR count). The molecule has 0 spiro atoms. The summed E-state index contributed by atoms with van der Waals surface area (Å²) in [5.74, 6) is -4.15. The minimum absolute atomic E-state index is 0.210. The fraction of sp³-hybridized carbons (Fsp3) is 0.100. The number of urea groups is 1. The van der Waals surface area contributed by atoms with Crippen molar-refractivity contribution in [2.45, 2.75) is 6.54 Å². The SMILES string of the molecule is O=C1NC(=O)N(Cc2ccc(F)c(F)c2)C1=O. The highest BCUT2D eigenvalue weighted by Gasteiger charge is 2.36. The van der Waals surface area contributed by atoms with Crippen LogP contribution in [0.3, 0.4) is 0 Å². The predicted molar refractivity (Wildman–Crippen MR) is 50.4 cm³/mol. The van der Waals surface area contributed by atoms with Crippen molar-refractivity contribution in [1.29, 1.82) is 0 Å². The van der Waals surface area contributed by atoms with Gasteiger partial charge in [-0.25, -0.2) is 13.6 Å². The van der Waals surface area contributed by atoms with E-state index in [1.165, 1.54) is 6.07 Å². The Bertz CT molecular complexity index is 530. The molecule has 1 N–H and O–H groups in total. The van der Waals surface area contributed by atoms with Gasteiger partial charge in [-0.1, -0.05) is 6.07 Å². The van der Waals surface area contributed by atoms with E-state index in [2.05, 4.69) is 0 Å². The monoisotopic (exact) mass is 240 g/mol. The van der Waals surface area contributed by atoms with Gasteiger partial charge >= 0.3 is 17.8 Å². The second kappa shape index (κ2) is 3.93. The van der Waals surface area contributed by atoms with Crippen LogP contribution in [0.1, 0.15) is 5.56 Å². The van der Waals surface area contributed by atoms with Crippen molar-refractivity contribution in [3.05, 3.63) is 35.4 Å². The van der Waals surface area contributed by atoms with Crippen LogP contribution in [0.5, 0.6) is 0 Å². The third-order valence-corrected chi connectivity index (χ3v) is 2.23. The van der Waals surface area contributed by atoms with E-state index >= 15 is 0 Å². The Balaban J connectivity index is 2.21. The number of rotatable bonds is 2. The number of carbonyl (C=O) groups excluding carboxylic acids is 3. The van der Waals surface area contributed by atoms with E-state index in [9.17, 15) is 23.2 Å². The van der Waals surface area contributed by atoms with Crippen LogP contribution < -0.4 is 5.32 Å². The van der Waals surface area contributed by atoms with Gasteiger partial charge in [-0.3, -0.25) is 19.8 Å². The molecule has 1 saturated heterocycles. The highest BCUT2D eigenvalue weighted by atomic mass is 19.2. The summed E-state index contributed by atoms with van der Waals surface area (Å²) in [5, 5.41) is 1.79. The van der Waals surface area contributed by atoms with Crippen LogP contribution in [0.15, 0.2) is 18.2 Å². The highest BCUT2D eigenvalue weighted by molar-refractivity contribution is 6.44. The molecule has 0 unspecified atom stereocenters. The van der Waals surface area contributed by atoms with Crippen molar-refractivity contribution < 1.29 is 23.2 Å². The van der Waals surface area contributed by atoms with Crippen LogP contribution >= 0.6 is 0 Å². The van der Waals surface area contributed by atoms with Crippen molar-refractivity contribution in [3.8, 4) is 0 Å². The Morgan fingerprint density at radius 3 is 2.35 bits per heavy atom. The Kier molecular flexibility index (Phi) is 2.58. The molecule has 0 atom stereocenters. The summed E-state index contributed by atoms with van der Waals surface area (Å²) >= 11 is 0. The average molecular weight is 240 g/mol. The van der Waals surface area contributed by atoms with Gasteiger partial charge in [0.05, 0.1) is 6.54 Å². The standard InChI is InChI=1S/C10H6F2N2O3/c11-6-2-1-5(3-7(6)12)4-14-9(16)8(15)13-10(14)17/h1-3H,4H2,(H,13,15,17). The van der Waals surface area contributed by atoms with Gasteiger partial charge in [0.25, 0.3) is 0 Å².